The summed E-state index contributed by atoms with van der Waals surface area (Å²) in [5, 5.41) is 10.7. The van der Waals surface area contributed by atoms with E-state index in [1.807, 2.05) is 31.2 Å². The SMILES string of the molecule is Cc1cc2c(cc1N1C(=O)c3cccc4c(CCCCO)ccc(c34)C1=O)n(C)c(=O)n2C. The standard InChI is InChI=1S/C26H25N3O4/c1-15-13-21-22(28(3)26(33)27(21)2)14-20(15)29-24(31)18-9-6-8-17-16(7-4-5-12-30)10-11-19(23(17)18)25(29)32/h6,8-11,13-14,30H,4-5,7,12H2,1-3H3. The maximum absolute atomic E-state index is 13.6. The molecule has 0 unspecified atom stereocenters. The molecule has 0 atom stereocenters. The average molecular weight is 444 g/mol. The van der Waals surface area contributed by atoms with Crippen molar-refractivity contribution in [2.75, 3.05) is 11.5 Å². The third-order valence-corrected chi connectivity index (χ3v) is 6.68. The lowest BCUT2D eigenvalue weighted by molar-refractivity contribution is 0.0893. The number of aryl methyl sites for hydroxylation is 4. The van der Waals surface area contributed by atoms with Gasteiger partial charge in [-0.25, -0.2) is 9.69 Å². The number of hydrogen-bond donors (Lipinski definition) is 1. The van der Waals surface area contributed by atoms with E-state index in [4.69, 9.17) is 5.11 Å². The van der Waals surface area contributed by atoms with Gasteiger partial charge in [-0.1, -0.05) is 18.2 Å². The molecule has 1 aliphatic rings. The van der Waals surface area contributed by atoms with E-state index in [9.17, 15) is 14.4 Å². The number of anilines is 1. The van der Waals surface area contributed by atoms with Crippen molar-refractivity contribution in [2.24, 2.45) is 14.1 Å². The van der Waals surface area contributed by atoms with Crippen molar-refractivity contribution in [1.29, 1.82) is 0 Å². The van der Waals surface area contributed by atoms with E-state index in [1.165, 1.54) is 9.47 Å². The van der Waals surface area contributed by atoms with E-state index < -0.39 is 0 Å². The van der Waals surface area contributed by atoms with E-state index >= 15 is 0 Å². The number of benzene rings is 3. The number of imidazole rings is 1. The van der Waals surface area contributed by atoms with Crippen LogP contribution in [0.1, 0.15) is 44.7 Å². The van der Waals surface area contributed by atoms with Gasteiger partial charge in [0.05, 0.1) is 16.7 Å². The van der Waals surface area contributed by atoms with Crippen molar-refractivity contribution < 1.29 is 14.7 Å². The highest BCUT2D eigenvalue weighted by molar-refractivity contribution is 6.36. The molecule has 0 radical (unpaired) electrons. The summed E-state index contributed by atoms with van der Waals surface area (Å²) < 4.78 is 3.07. The van der Waals surface area contributed by atoms with E-state index in [1.54, 1.807) is 36.9 Å². The second-order valence-corrected chi connectivity index (χ2v) is 8.65. The number of imide groups is 1. The number of aromatic nitrogens is 2. The molecule has 168 valence electrons. The molecule has 1 aromatic heterocycles. The van der Waals surface area contributed by atoms with Crippen LogP contribution in [0.2, 0.25) is 0 Å². The fourth-order valence-corrected chi connectivity index (χ4v) is 4.90. The Balaban J connectivity index is 1.68. The van der Waals surface area contributed by atoms with Crippen molar-refractivity contribution in [3.8, 4) is 0 Å². The highest BCUT2D eigenvalue weighted by Gasteiger charge is 2.35. The van der Waals surface area contributed by atoms with Gasteiger partial charge in [-0.3, -0.25) is 18.7 Å². The molecule has 0 bridgehead atoms. The van der Waals surface area contributed by atoms with Crippen LogP contribution in [0, 0.1) is 6.92 Å². The monoisotopic (exact) mass is 443 g/mol. The van der Waals surface area contributed by atoms with Crippen LogP contribution >= 0.6 is 0 Å². The lowest BCUT2D eigenvalue weighted by Gasteiger charge is -2.29. The van der Waals surface area contributed by atoms with Gasteiger partial charge >= 0.3 is 5.69 Å². The van der Waals surface area contributed by atoms with E-state index in [0.717, 1.165) is 34.9 Å². The lowest BCUT2D eigenvalue weighted by Crippen LogP contribution is -2.41. The number of hydrogen-bond acceptors (Lipinski definition) is 4. The summed E-state index contributed by atoms with van der Waals surface area (Å²) in [6, 6.07) is 12.9. The number of aliphatic hydroxyl groups excluding tert-OH is 1. The number of aliphatic hydroxyl groups is 1. The molecule has 3 aromatic carbocycles. The molecule has 0 saturated carbocycles. The van der Waals surface area contributed by atoms with Crippen LogP contribution in [0.15, 0.2) is 47.3 Å². The number of amides is 2. The largest absolute Gasteiger partial charge is 0.396 e. The lowest BCUT2D eigenvalue weighted by atomic mass is 9.89. The molecule has 7 nitrogen and oxygen atoms in total. The minimum absolute atomic E-state index is 0.143. The van der Waals surface area contributed by atoms with Gasteiger partial charge in [-0.15, -0.1) is 0 Å². The fourth-order valence-electron chi connectivity index (χ4n) is 4.90. The third kappa shape index (κ3) is 3.03. The highest BCUT2D eigenvalue weighted by atomic mass is 16.3. The van der Waals surface area contributed by atoms with Crippen LogP contribution < -0.4 is 10.6 Å². The Kier molecular flexibility index (Phi) is 4.94. The fraction of sp³-hybridized carbons (Fsp3) is 0.269. The molecular formula is C26H25N3O4. The maximum atomic E-state index is 13.6. The number of rotatable bonds is 5. The highest BCUT2D eigenvalue weighted by Crippen LogP contribution is 2.36. The van der Waals surface area contributed by atoms with Gasteiger partial charge in [0.15, 0.2) is 0 Å². The molecule has 7 heteroatoms. The average Bonchev–Trinajstić information content (AvgIpc) is 3.01. The number of carbonyl (C=O) groups excluding carboxylic acids is 2. The van der Waals surface area contributed by atoms with Crippen molar-refractivity contribution in [3.63, 3.8) is 0 Å². The smallest absolute Gasteiger partial charge is 0.328 e. The molecule has 4 aromatic rings. The minimum Gasteiger partial charge on any atom is -0.396 e. The zero-order valence-electron chi connectivity index (χ0n) is 18.9. The Hall–Kier alpha value is -3.71. The molecule has 2 amide bonds. The first-order valence-electron chi connectivity index (χ1n) is 11.1. The molecule has 1 N–H and O–H groups in total. The summed E-state index contributed by atoms with van der Waals surface area (Å²) in [5.74, 6) is -0.733. The Labute approximate surface area is 190 Å². The van der Waals surface area contributed by atoms with Crippen molar-refractivity contribution >= 4 is 39.3 Å². The van der Waals surface area contributed by atoms with Crippen LogP contribution in [0.25, 0.3) is 21.8 Å². The number of unbranched alkanes of at least 4 members (excludes halogenated alkanes) is 1. The van der Waals surface area contributed by atoms with Crippen LogP contribution in [-0.2, 0) is 20.5 Å². The molecule has 5 rings (SSSR count). The molecule has 33 heavy (non-hydrogen) atoms. The molecule has 0 fully saturated rings. The van der Waals surface area contributed by atoms with Gasteiger partial charge in [0.1, 0.15) is 0 Å². The summed E-state index contributed by atoms with van der Waals surface area (Å²) in [4.78, 5) is 40.9. The van der Waals surface area contributed by atoms with E-state index in [-0.39, 0.29) is 24.1 Å². The Morgan fingerprint density at radius 2 is 1.52 bits per heavy atom. The minimum atomic E-state index is -0.367. The first-order valence-corrected chi connectivity index (χ1v) is 11.1. The van der Waals surface area contributed by atoms with E-state index in [2.05, 4.69) is 0 Å². The quantitative estimate of drug-likeness (QED) is 0.378. The normalized spacial score (nSPS) is 13.5. The summed E-state index contributed by atoms with van der Waals surface area (Å²) >= 11 is 0. The summed E-state index contributed by atoms with van der Waals surface area (Å²) in [6.45, 7) is 1.98. The second kappa shape index (κ2) is 7.71. The van der Waals surface area contributed by atoms with Crippen LogP contribution in [0.3, 0.4) is 0 Å². The summed E-state index contributed by atoms with van der Waals surface area (Å²) in [5.41, 5.74) is 4.51. The van der Waals surface area contributed by atoms with E-state index in [0.29, 0.717) is 34.1 Å². The van der Waals surface area contributed by atoms with Crippen LogP contribution in [0.4, 0.5) is 5.69 Å². The molecule has 0 spiro atoms. The number of carbonyl (C=O) groups is 2. The predicted molar refractivity (Wildman–Crippen MR) is 128 cm³/mol. The number of nitrogens with zero attached hydrogens (tertiary/aromatic N) is 3. The zero-order valence-corrected chi connectivity index (χ0v) is 18.9. The molecule has 2 heterocycles. The zero-order chi connectivity index (χ0) is 23.4. The molecule has 0 aliphatic carbocycles. The Morgan fingerprint density at radius 3 is 2.21 bits per heavy atom. The second-order valence-electron chi connectivity index (χ2n) is 8.65. The maximum Gasteiger partial charge on any atom is 0.328 e. The van der Waals surface area contributed by atoms with Gasteiger partial charge < -0.3 is 5.11 Å². The summed E-state index contributed by atoms with van der Waals surface area (Å²) in [6.07, 6.45) is 2.31. The first-order chi connectivity index (χ1) is 15.8. The molecular weight excluding hydrogens is 418 g/mol. The topological polar surface area (TPSA) is 84.5 Å². The van der Waals surface area contributed by atoms with Crippen molar-refractivity contribution in [2.45, 2.75) is 26.2 Å². The third-order valence-electron chi connectivity index (χ3n) is 6.68. The Bertz CT molecular complexity index is 1500. The van der Waals surface area contributed by atoms with Crippen molar-refractivity contribution in [3.05, 3.63) is 75.2 Å². The van der Waals surface area contributed by atoms with Crippen molar-refractivity contribution in [1.82, 2.24) is 9.13 Å². The summed E-state index contributed by atoms with van der Waals surface area (Å²) in [7, 11) is 3.38. The van der Waals surface area contributed by atoms with Crippen LogP contribution in [-0.4, -0.2) is 32.7 Å². The van der Waals surface area contributed by atoms with Crippen LogP contribution in [0.5, 0.6) is 0 Å². The van der Waals surface area contributed by atoms with Gasteiger partial charge in [0.2, 0.25) is 0 Å². The molecule has 1 aliphatic heterocycles. The number of fused-ring (bicyclic) bond motifs is 1. The van der Waals surface area contributed by atoms with Gasteiger partial charge in [-0.2, -0.15) is 0 Å². The van der Waals surface area contributed by atoms with Gasteiger partial charge in [-0.05, 0) is 67.0 Å². The predicted octanol–water partition coefficient (Wildman–Crippen LogP) is 3.45. The Morgan fingerprint density at radius 1 is 0.848 bits per heavy atom. The molecule has 0 saturated heterocycles. The first kappa shape index (κ1) is 21.2. The van der Waals surface area contributed by atoms with Gasteiger partial charge in [0.25, 0.3) is 11.8 Å². The van der Waals surface area contributed by atoms with Gasteiger partial charge in [0, 0.05) is 37.2 Å².